The Hall–Kier alpha value is -0.470. The van der Waals surface area contributed by atoms with Crippen LogP contribution in [0.25, 0.3) is 0 Å². The molecule has 1 aromatic carbocycles. The van der Waals surface area contributed by atoms with E-state index in [2.05, 4.69) is 41.9 Å². The van der Waals surface area contributed by atoms with Crippen LogP contribution >= 0.6 is 11.8 Å². The molecule has 0 amide bonds. The quantitative estimate of drug-likeness (QED) is 0.661. The number of benzene rings is 1. The molecule has 0 radical (unpaired) electrons. The van der Waals surface area contributed by atoms with Crippen LogP contribution in [0.4, 0.5) is 0 Å². The van der Waals surface area contributed by atoms with Gasteiger partial charge in [0.05, 0.1) is 0 Å². The molecule has 0 aliphatic carbocycles. The fourth-order valence-corrected chi connectivity index (χ4v) is 2.17. The SMILES string of the molecule is CSCCCCCNCCc1ccccc1. The summed E-state index contributed by atoms with van der Waals surface area (Å²) < 4.78 is 0. The molecule has 0 bridgehead atoms. The standard InChI is InChI=1S/C14H23NS/c1-16-13-7-3-6-11-15-12-10-14-8-4-2-5-9-14/h2,4-5,8-9,15H,3,6-7,10-13H2,1H3. The van der Waals surface area contributed by atoms with Gasteiger partial charge in [0.1, 0.15) is 0 Å². The van der Waals surface area contributed by atoms with Crippen LogP contribution in [0, 0.1) is 0 Å². The van der Waals surface area contributed by atoms with Crippen molar-refractivity contribution in [3.05, 3.63) is 35.9 Å². The Kier molecular flexibility index (Phi) is 8.27. The molecule has 0 saturated heterocycles. The molecule has 0 aliphatic heterocycles. The Morgan fingerprint density at radius 2 is 1.81 bits per heavy atom. The molecule has 1 N–H and O–H groups in total. The summed E-state index contributed by atoms with van der Waals surface area (Å²) in [6.45, 7) is 2.27. The molecule has 0 heterocycles. The molecule has 0 aromatic heterocycles. The number of thioether (sulfide) groups is 1. The molecule has 16 heavy (non-hydrogen) atoms. The van der Waals surface area contributed by atoms with Crippen LogP contribution in [-0.4, -0.2) is 25.1 Å². The van der Waals surface area contributed by atoms with Crippen LogP contribution in [0.3, 0.4) is 0 Å². The second-order valence-electron chi connectivity index (χ2n) is 4.04. The van der Waals surface area contributed by atoms with Crippen LogP contribution in [-0.2, 0) is 6.42 Å². The molecular formula is C14H23NS. The predicted molar refractivity (Wildman–Crippen MR) is 75.2 cm³/mol. The fourth-order valence-electron chi connectivity index (χ4n) is 1.68. The van der Waals surface area contributed by atoms with Gasteiger partial charge in [-0.25, -0.2) is 0 Å². The van der Waals surface area contributed by atoms with Crippen molar-refractivity contribution in [2.24, 2.45) is 0 Å². The summed E-state index contributed by atoms with van der Waals surface area (Å²) in [4.78, 5) is 0. The first-order chi connectivity index (χ1) is 7.93. The third kappa shape index (κ3) is 6.91. The number of hydrogen-bond donors (Lipinski definition) is 1. The van der Waals surface area contributed by atoms with E-state index in [4.69, 9.17) is 0 Å². The molecule has 0 atom stereocenters. The second-order valence-corrected chi connectivity index (χ2v) is 5.02. The molecule has 0 unspecified atom stereocenters. The maximum Gasteiger partial charge on any atom is -0.000835 e. The van der Waals surface area contributed by atoms with Gasteiger partial charge in [0.2, 0.25) is 0 Å². The van der Waals surface area contributed by atoms with Gasteiger partial charge in [0.25, 0.3) is 0 Å². The molecule has 1 aromatic rings. The molecule has 0 saturated carbocycles. The molecule has 1 nitrogen and oxygen atoms in total. The van der Waals surface area contributed by atoms with Crippen molar-refractivity contribution < 1.29 is 0 Å². The number of hydrogen-bond acceptors (Lipinski definition) is 2. The van der Waals surface area contributed by atoms with Gasteiger partial charge in [0.15, 0.2) is 0 Å². The summed E-state index contributed by atoms with van der Waals surface area (Å²) in [6, 6.07) is 10.7. The molecule has 1 rings (SSSR count). The third-order valence-corrected chi connectivity index (χ3v) is 3.33. The summed E-state index contributed by atoms with van der Waals surface area (Å²) in [6.07, 6.45) is 7.36. The highest BCUT2D eigenvalue weighted by Gasteiger charge is 1.92. The van der Waals surface area contributed by atoms with Gasteiger partial charge in [-0.1, -0.05) is 36.8 Å². The molecule has 2 heteroatoms. The van der Waals surface area contributed by atoms with Crippen molar-refractivity contribution in [2.45, 2.75) is 25.7 Å². The lowest BCUT2D eigenvalue weighted by Crippen LogP contribution is -2.18. The van der Waals surface area contributed by atoms with Gasteiger partial charge in [-0.05, 0) is 49.9 Å². The first kappa shape index (κ1) is 13.6. The lowest BCUT2D eigenvalue weighted by atomic mass is 10.1. The Balaban J connectivity index is 1.89. The van der Waals surface area contributed by atoms with E-state index >= 15 is 0 Å². The average Bonchev–Trinajstić information content (AvgIpc) is 2.34. The van der Waals surface area contributed by atoms with E-state index in [-0.39, 0.29) is 0 Å². The van der Waals surface area contributed by atoms with E-state index in [0.717, 1.165) is 13.0 Å². The Morgan fingerprint density at radius 1 is 1.00 bits per heavy atom. The van der Waals surface area contributed by atoms with Crippen LogP contribution in [0.5, 0.6) is 0 Å². The zero-order valence-corrected chi connectivity index (χ0v) is 11.1. The predicted octanol–water partition coefficient (Wildman–Crippen LogP) is 3.35. The van der Waals surface area contributed by atoms with E-state index in [1.54, 1.807) is 0 Å². The highest BCUT2D eigenvalue weighted by atomic mass is 32.2. The van der Waals surface area contributed by atoms with E-state index in [1.165, 1.54) is 37.1 Å². The summed E-state index contributed by atoms with van der Waals surface area (Å²) in [5, 5.41) is 3.50. The molecule has 90 valence electrons. The highest BCUT2D eigenvalue weighted by Crippen LogP contribution is 2.01. The lowest BCUT2D eigenvalue weighted by molar-refractivity contribution is 0.618. The smallest absolute Gasteiger partial charge is 0.000835 e. The van der Waals surface area contributed by atoms with Gasteiger partial charge in [-0.2, -0.15) is 11.8 Å². The van der Waals surface area contributed by atoms with Gasteiger partial charge in [-0.15, -0.1) is 0 Å². The second kappa shape index (κ2) is 9.73. The monoisotopic (exact) mass is 237 g/mol. The fraction of sp³-hybridized carbons (Fsp3) is 0.571. The van der Waals surface area contributed by atoms with Crippen molar-refractivity contribution in [1.29, 1.82) is 0 Å². The number of unbranched alkanes of at least 4 members (excludes halogenated alkanes) is 2. The number of rotatable bonds is 9. The van der Waals surface area contributed by atoms with Crippen LogP contribution in [0.2, 0.25) is 0 Å². The Labute approximate surface area is 104 Å². The van der Waals surface area contributed by atoms with Gasteiger partial charge >= 0.3 is 0 Å². The minimum atomic E-state index is 1.10. The van der Waals surface area contributed by atoms with Crippen LogP contribution in [0.1, 0.15) is 24.8 Å². The topological polar surface area (TPSA) is 12.0 Å². The van der Waals surface area contributed by atoms with Crippen molar-refractivity contribution in [3.63, 3.8) is 0 Å². The molecule has 0 aliphatic rings. The summed E-state index contributed by atoms with van der Waals surface area (Å²) in [5.41, 5.74) is 1.43. The molecular weight excluding hydrogens is 214 g/mol. The maximum absolute atomic E-state index is 3.50. The zero-order valence-electron chi connectivity index (χ0n) is 10.2. The van der Waals surface area contributed by atoms with E-state index in [0.29, 0.717) is 0 Å². The minimum absolute atomic E-state index is 1.10. The zero-order chi connectivity index (χ0) is 11.5. The maximum atomic E-state index is 3.50. The van der Waals surface area contributed by atoms with Crippen LogP contribution in [0.15, 0.2) is 30.3 Å². The Bertz CT molecular complexity index is 248. The number of nitrogens with one attached hydrogen (secondary N) is 1. The average molecular weight is 237 g/mol. The molecule has 0 fully saturated rings. The van der Waals surface area contributed by atoms with Crippen molar-refractivity contribution in [2.75, 3.05) is 25.1 Å². The summed E-state index contributed by atoms with van der Waals surface area (Å²) >= 11 is 1.95. The Morgan fingerprint density at radius 3 is 2.56 bits per heavy atom. The van der Waals surface area contributed by atoms with Gasteiger partial charge < -0.3 is 5.32 Å². The van der Waals surface area contributed by atoms with Gasteiger partial charge in [0, 0.05) is 0 Å². The highest BCUT2D eigenvalue weighted by molar-refractivity contribution is 7.98. The first-order valence-electron chi connectivity index (χ1n) is 6.17. The van der Waals surface area contributed by atoms with E-state index in [1.807, 2.05) is 11.8 Å². The van der Waals surface area contributed by atoms with Gasteiger partial charge in [-0.3, -0.25) is 0 Å². The summed E-state index contributed by atoms with van der Waals surface area (Å²) in [7, 11) is 0. The first-order valence-corrected chi connectivity index (χ1v) is 7.56. The largest absolute Gasteiger partial charge is 0.316 e. The van der Waals surface area contributed by atoms with Crippen LogP contribution < -0.4 is 5.32 Å². The third-order valence-electron chi connectivity index (χ3n) is 2.64. The summed E-state index contributed by atoms with van der Waals surface area (Å²) in [5.74, 6) is 1.31. The van der Waals surface area contributed by atoms with Crippen molar-refractivity contribution >= 4 is 11.8 Å². The van der Waals surface area contributed by atoms with Crippen molar-refractivity contribution in [3.8, 4) is 0 Å². The molecule has 0 spiro atoms. The van der Waals surface area contributed by atoms with E-state index < -0.39 is 0 Å². The normalized spacial score (nSPS) is 10.6. The lowest BCUT2D eigenvalue weighted by Gasteiger charge is -2.04. The van der Waals surface area contributed by atoms with E-state index in [9.17, 15) is 0 Å². The minimum Gasteiger partial charge on any atom is -0.316 e. The van der Waals surface area contributed by atoms with Crippen molar-refractivity contribution in [1.82, 2.24) is 5.32 Å².